The van der Waals surface area contributed by atoms with Crippen molar-refractivity contribution < 1.29 is 9.18 Å². The van der Waals surface area contributed by atoms with Crippen LogP contribution in [0.2, 0.25) is 0 Å². The zero-order valence-electron chi connectivity index (χ0n) is 19.1. The van der Waals surface area contributed by atoms with Crippen LogP contribution in [0.5, 0.6) is 0 Å². The predicted molar refractivity (Wildman–Crippen MR) is 123 cm³/mol. The van der Waals surface area contributed by atoms with Crippen LogP contribution in [0, 0.1) is 35.4 Å². The fraction of sp³-hybridized carbons (Fsp3) is 0.615. The minimum atomic E-state index is -0.241. The van der Waals surface area contributed by atoms with Gasteiger partial charge >= 0.3 is 0 Å². The monoisotopic (exact) mass is 425 g/mol. The lowest BCUT2D eigenvalue weighted by atomic mass is 9.69. The second kappa shape index (κ2) is 9.54. The number of aromatic amines is 1. The second-order valence-electron chi connectivity index (χ2n) is 10.0. The molecule has 2 aliphatic rings. The van der Waals surface area contributed by atoms with E-state index in [-0.39, 0.29) is 17.6 Å². The normalized spacial score (nSPS) is 25.1. The Morgan fingerprint density at radius 3 is 2.77 bits per heavy atom. The molecule has 1 amide bonds. The van der Waals surface area contributed by atoms with Crippen molar-refractivity contribution in [3.63, 3.8) is 0 Å². The summed E-state index contributed by atoms with van der Waals surface area (Å²) in [5.41, 5.74) is 2.95. The van der Waals surface area contributed by atoms with E-state index in [9.17, 15) is 9.18 Å². The first-order valence-corrected chi connectivity index (χ1v) is 12.0. The largest absolute Gasteiger partial charge is 0.355 e. The van der Waals surface area contributed by atoms with Crippen molar-refractivity contribution in [2.75, 3.05) is 6.54 Å². The molecular formula is C26H36FN3O. The third kappa shape index (κ3) is 5.19. The van der Waals surface area contributed by atoms with Crippen LogP contribution >= 0.6 is 0 Å². The van der Waals surface area contributed by atoms with Gasteiger partial charge in [0.25, 0.3) is 0 Å². The summed E-state index contributed by atoms with van der Waals surface area (Å²) in [6, 6.07) is 4.70. The Morgan fingerprint density at radius 2 is 2.03 bits per heavy atom. The van der Waals surface area contributed by atoms with Gasteiger partial charge in [-0.2, -0.15) is 0 Å². The highest BCUT2D eigenvalue weighted by atomic mass is 19.1. The van der Waals surface area contributed by atoms with Gasteiger partial charge in [-0.1, -0.05) is 44.8 Å². The maximum absolute atomic E-state index is 13.5. The number of fused-ring (bicyclic) bond motifs is 1. The van der Waals surface area contributed by atoms with E-state index in [0.717, 1.165) is 49.1 Å². The average Bonchev–Trinajstić information content (AvgIpc) is 3.15. The number of benzene rings is 1. The SMILES string of the molecule is CC1=C[C@@H](CNC(=O)C2CCCCC2)[C@H](C(C)C)C[C@H]1Cc1nc2ccc(F)cc2[nH]1. The lowest BCUT2D eigenvalue weighted by Crippen LogP contribution is -2.39. The Morgan fingerprint density at radius 1 is 1.26 bits per heavy atom. The fourth-order valence-corrected chi connectivity index (χ4v) is 5.60. The second-order valence-corrected chi connectivity index (χ2v) is 10.0. The molecule has 0 unspecified atom stereocenters. The van der Waals surface area contributed by atoms with E-state index in [1.165, 1.54) is 37.0 Å². The van der Waals surface area contributed by atoms with Crippen LogP contribution in [0.15, 0.2) is 29.8 Å². The molecule has 1 aromatic carbocycles. The molecule has 4 nitrogen and oxygen atoms in total. The molecule has 1 aromatic heterocycles. The molecule has 0 aliphatic heterocycles. The summed E-state index contributed by atoms with van der Waals surface area (Å²) in [7, 11) is 0. The van der Waals surface area contributed by atoms with Gasteiger partial charge in [-0.3, -0.25) is 4.79 Å². The van der Waals surface area contributed by atoms with Gasteiger partial charge in [-0.15, -0.1) is 0 Å². The number of carbonyl (C=O) groups excluding carboxylic acids is 1. The lowest BCUT2D eigenvalue weighted by Gasteiger charge is -2.37. The number of H-pyrrole nitrogens is 1. The molecule has 0 radical (unpaired) electrons. The maximum Gasteiger partial charge on any atom is 0.223 e. The van der Waals surface area contributed by atoms with Gasteiger partial charge in [0.05, 0.1) is 11.0 Å². The quantitative estimate of drug-likeness (QED) is 0.575. The van der Waals surface area contributed by atoms with Crippen LogP contribution in [0.1, 0.15) is 65.1 Å². The van der Waals surface area contributed by atoms with Crippen LogP contribution in [-0.4, -0.2) is 22.4 Å². The highest BCUT2D eigenvalue weighted by Crippen LogP contribution is 2.38. The summed E-state index contributed by atoms with van der Waals surface area (Å²) in [6.45, 7) is 7.53. The van der Waals surface area contributed by atoms with E-state index >= 15 is 0 Å². The van der Waals surface area contributed by atoms with Crippen LogP contribution in [0.25, 0.3) is 11.0 Å². The Balaban J connectivity index is 1.43. The van der Waals surface area contributed by atoms with Crippen molar-refractivity contribution >= 4 is 16.9 Å². The number of halogens is 1. The van der Waals surface area contributed by atoms with Crippen LogP contribution in [0.3, 0.4) is 0 Å². The van der Waals surface area contributed by atoms with E-state index in [1.807, 2.05) is 0 Å². The minimum absolute atomic E-state index is 0.214. The number of nitrogens with one attached hydrogen (secondary N) is 2. The molecule has 31 heavy (non-hydrogen) atoms. The lowest BCUT2D eigenvalue weighted by molar-refractivity contribution is -0.126. The van der Waals surface area contributed by atoms with E-state index in [0.29, 0.717) is 23.7 Å². The number of aromatic nitrogens is 2. The third-order valence-corrected chi connectivity index (χ3v) is 7.50. The van der Waals surface area contributed by atoms with Gasteiger partial charge in [-0.05, 0) is 68.1 Å². The van der Waals surface area contributed by atoms with Crippen LogP contribution in [-0.2, 0) is 11.2 Å². The van der Waals surface area contributed by atoms with Gasteiger partial charge in [0.1, 0.15) is 11.6 Å². The number of imidazole rings is 1. The molecule has 1 saturated carbocycles. The molecule has 0 bridgehead atoms. The van der Waals surface area contributed by atoms with E-state index < -0.39 is 0 Å². The molecule has 0 spiro atoms. The molecule has 5 heteroatoms. The Kier molecular flexibility index (Phi) is 6.78. The molecule has 2 N–H and O–H groups in total. The summed E-state index contributed by atoms with van der Waals surface area (Å²) >= 11 is 0. The number of rotatable bonds is 6. The van der Waals surface area contributed by atoms with Crippen molar-refractivity contribution in [2.45, 2.75) is 65.7 Å². The molecule has 0 saturated heterocycles. The molecule has 4 rings (SSSR count). The number of hydrogen-bond donors (Lipinski definition) is 2. The van der Waals surface area contributed by atoms with Gasteiger partial charge < -0.3 is 10.3 Å². The molecule has 3 atom stereocenters. The summed E-state index contributed by atoms with van der Waals surface area (Å²) in [4.78, 5) is 20.6. The number of allylic oxidation sites excluding steroid dienone is 1. The minimum Gasteiger partial charge on any atom is -0.355 e. The molecular weight excluding hydrogens is 389 g/mol. The smallest absolute Gasteiger partial charge is 0.223 e. The summed E-state index contributed by atoms with van der Waals surface area (Å²) in [5.74, 6) is 3.03. The van der Waals surface area contributed by atoms with Gasteiger partial charge in [-0.25, -0.2) is 9.37 Å². The van der Waals surface area contributed by atoms with Crippen LogP contribution in [0.4, 0.5) is 4.39 Å². The highest BCUT2D eigenvalue weighted by Gasteiger charge is 2.33. The van der Waals surface area contributed by atoms with Crippen molar-refractivity contribution in [3.8, 4) is 0 Å². The summed E-state index contributed by atoms with van der Waals surface area (Å²) in [6.07, 6.45) is 10.0. The van der Waals surface area contributed by atoms with Crippen molar-refractivity contribution in [2.24, 2.45) is 29.6 Å². The zero-order chi connectivity index (χ0) is 22.0. The predicted octanol–water partition coefficient (Wildman–Crippen LogP) is 5.80. The van der Waals surface area contributed by atoms with Crippen LogP contribution < -0.4 is 5.32 Å². The first-order chi connectivity index (χ1) is 14.9. The van der Waals surface area contributed by atoms with E-state index in [4.69, 9.17) is 0 Å². The van der Waals surface area contributed by atoms with Crippen molar-refractivity contribution in [1.82, 2.24) is 15.3 Å². The first kappa shape index (κ1) is 22.0. The average molecular weight is 426 g/mol. The Labute approximate surface area is 185 Å². The topological polar surface area (TPSA) is 57.8 Å². The Bertz CT molecular complexity index is 941. The molecule has 2 aromatic rings. The van der Waals surface area contributed by atoms with E-state index in [1.54, 1.807) is 6.07 Å². The number of hydrogen-bond acceptors (Lipinski definition) is 2. The van der Waals surface area contributed by atoms with Crippen molar-refractivity contribution in [1.29, 1.82) is 0 Å². The standard InChI is InChI=1S/C26H36FN3O/c1-16(2)22-12-19(13-25-29-23-10-9-21(27)14-24(23)30-25)17(3)11-20(22)15-28-26(31)18-7-5-4-6-8-18/h9-11,14,16,18-20,22H,4-8,12-13,15H2,1-3H3,(H,28,31)(H,29,30)/t19-,20-,22-/m0/s1. The molecule has 1 heterocycles. The summed E-state index contributed by atoms with van der Waals surface area (Å²) < 4.78 is 13.5. The number of amides is 1. The third-order valence-electron chi connectivity index (χ3n) is 7.50. The zero-order valence-corrected chi connectivity index (χ0v) is 19.1. The maximum atomic E-state index is 13.5. The highest BCUT2D eigenvalue weighted by molar-refractivity contribution is 5.78. The van der Waals surface area contributed by atoms with Gasteiger partial charge in [0, 0.05) is 18.9 Å². The van der Waals surface area contributed by atoms with E-state index in [2.05, 4.69) is 42.1 Å². The summed E-state index contributed by atoms with van der Waals surface area (Å²) in [5, 5.41) is 3.28. The molecule has 168 valence electrons. The van der Waals surface area contributed by atoms with Gasteiger partial charge in [0.15, 0.2) is 0 Å². The van der Waals surface area contributed by atoms with Crippen molar-refractivity contribution in [3.05, 3.63) is 41.5 Å². The molecule has 1 fully saturated rings. The fourth-order valence-electron chi connectivity index (χ4n) is 5.60. The molecule has 2 aliphatic carbocycles. The first-order valence-electron chi connectivity index (χ1n) is 12.0. The van der Waals surface area contributed by atoms with Gasteiger partial charge in [0.2, 0.25) is 5.91 Å². The number of carbonyl (C=O) groups is 1. The number of nitrogens with zero attached hydrogens (tertiary/aromatic N) is 1. The Hall–Kier alpha value is -2.17.